The van der Waals surface area contributed by atoms with E-state index in [0.717, 1.165) is 6.42 Å². The average molecular weight is 274 g/mol. The van der Waals surface area contributed by atoms with Gasteiger partial charge in [-0.05, 0) is 19.3 Å². The number of nitrogens with zero attached hydrogens (tertiary/aromatic N) is 2. The Labute approximate surface area is 107 Å². The Morgan fingerprint density at radius 3 is 2.61 bits per heavy atom. The van der Waals surface area contributed by atoms with Gasteiger partial charge in [-0.1, -0.05) is 12.2 Å². The zero-order valence-electron chi connectivity index (χ0n) is 10.2. The van der Waals surface area contributed by atoms with E-state index in [1.54, 1.807) is 0 Å². The number of carbonyl (C=O) groups is 1. The van der Waals surface area contributed by atoms with Crippen molar-refractivity contribution in [2.45, 2.75) is 19.3 Å². The summed E-state index contributed by atoms with van der Waals surface area (Å²) in [6, 6.07) is 0. The molecule has 2 rings (SSSR count). The van der Waals surface area contributed by atoms with Crippen molar-refractivity contribution in [1.82, 2.24) is 8.61 Å². The van der Waals surface area contributed by atoms with Gasteiger partial charge in [-0.3, -0.25) is 4.79 Å². The number of piperidine rings is 1. The van der Waals surface area contributed by atoms with E-state index in [1.165, 1.54) is 8.61 Å². The number of carboxylic acids is 1. The van der Waals surface area contributed by atoms with Crippen LogP contribution in [0, 0.1) is 5.92 Å². The zero-order chi connectivity index (χ0) is 13.2. The Hall–Kier alpha value is -0.920. The van der Waals surface area contributed by atoms with Crippen LogP contribution in [0.5, 0.6) is 0 Å². The lowest BCUT2D eigenvalue weighted by molar-refractivity contribution is -0.142. The molecule has 0 saturated carbocycles. The minimum Gasteiger partial charge on any atom is -0.481 e. The van der Waals surface area contributed by atoms with Crippen LogP contribution in [0.2, 0.25) is 0 Å². The molecule has 2 heterocycles. The second kappa shape index (κ2) is 5.38. The number of aliphatic carboxylic acids is 1. The molecule has 0 bridgehead atoms. The summed E-state index contributed by atoms with van der Waals surface area (Å²) in [5, 5.41) is 8.99. The Kier molecular flexibility index (Phi) is 4.04. The lowest BCUT2D eigenvalue weighted by Crippen LogP contribution is -2.49. The van der Waals surface area contributed by atoms with Crippen molar-refractivity contribution in [3.63, 3.8) is 0 Å². The number of hydrogen-bond donors (Lipinski definition) is 1. The molecule has 18 heavy (non-hydrogen) atoms. The molecule has 1 fully saturated rings. The lowest BCUT2D eigenvalue weighted by Gasteiger charge is -2.34. The molecule has 1 unspecified atom stereocenters. The predicted molar refractivity (Wildman–Crippen MR) is 66.2 cm³/mol. The minimum absolute atomic E-state index is 0.0951. The molecule has 1 atom stereocenters. The van der Waals surface area contributed by atoms with Gasteiger partial charge in [0.25, 0.3) is 10.2 Å². The van der Waals surface area contributed by atoms with Crippen LogP contribution >= 0.6 is 0 Å². The fourth-order valence-corrected chi connectivity index (χ4v) is 4.01. The van der Waals surface area contributed by atoms with E-state index in [2.05, 4.69) is 0 Å². The molecular weight excluding hydrogens is 256 g/mol. The summed E-state index contributed by atoms with van der Waals surface area (Å²) in [5.74, 6) is -1.48. The van der Waals surface area contributed by atoms with E-state index < -0.39 is 22.1 Å². The zero-order valence-corrected chi connectivity index (χ0v) is 11.0. The SMILES string of the molecule is O=C(O)C1CCCN(S(=O)(=O)N2CC=CCC2)C1. The molecule has 0 aromatic carbocycles. The van der Waals surface area contributed by atoms with Crippen LogP contribution in [0.15, 0.2) is 12.2 Å². The normalized spacial score (nSPS) is 27.2. The number of carboxylic acid groups (broad SMARTS) is 1. The highest BCUT2D eigenvalue weighted by Crippen LogP contribution is 2.22. The quantitative estimate of drug-likeness (QED) is 0.750. The summed E-state index contributed by atoms with van der Waals surface area (Å²) < 4.78 is 27.4. The third-order valence-corrected chi connectivity index (χ3v) is 5.38. The highest BCUT2D eigenvalue weighted by Gasteiger charge is 2.35. The number of rotatable bonds is 3. The Bertz CT molecular complexity index is 446. The van der Waals surface area contributed by atoms with E-state index >= 15 is 0 Å². The maximum Gasteiger partial charge on any atom is 0.307 e. The minimum atomic E-state index is -3.50. The molecule has 6 nitrogen and oxygen atoms in total. The Morgan fingerprint density at radius 1 is 1.22 bits per heavy atom. The third kappa shape index (κ3) is 2.73. The van der Waals surface area contributed by atoms with Gasteiger partial charge in [0.1, 0.15) is 0 Å². The summed E-state index contributed by atoms with van der Waals surface area (Å²) in [4.78, 5) is 11.0. The highest BCUT2D eigenvalue weighted by molar-refractivity contribution is 7.86. The van der Waals surface area contributed by atoms with Crippen LogP contribution in [-0.4, -0.2) is 54.3 Å². The maximum atomic E-state index is 12.3. The molecule has 0 aromatic heterocycles. The molecule has 0 amide bonds. The van der Waals surface area contributed by atoms with Crippen LogP contribution in [0.1, 0.15) is 19.3 Å². The monoisotopic (exact) mass is 274 g/mol. The average Bonchev–Trinajstić information content (AvgIpc) is 2.40. The maximum absolute atomic E-state index is 12.3. The lowest BCUT2D eigenvalue weighted by atomic mass is 10.0. The van der Waals surface area contributed by atoms with Crippen LogP contribution in [0.4, 0.5) is 0 Å². The van der Waals surface area contributed by atoms with E-state index in [4.69, 9.17) is 5.11 Å². The Morgan fingerprint density at radius 2 is 2.00 bits per heavy atom. The van der Waals surface area contributed by atoms with E-state index in [0.29, 0.717) is 32.5 Å². The Balaban J connectivity index is 2.09. The predicted octanol–water partition coefficient (Wildman–Crippen LogP) is 0.290. The smallest absolute Gasteiger partial charge is 0.307 e. The van der Waals surface area contributed by atoms with Gasteiger partial charge in [-0.15, -0.1) is 0 Å². The van der Waals surface area contributed by atoms with Crippen molar-refractivity contribution >= 4 is 16.2 Å². The van der Waals surface area contributed by atoms with Crippen LogP contribution in [0.25, 0.3) is 0 Å². The molecule has 1 saturated heterocycles. The molecular formula is C11H18N2O4S. The fourth-order valence-electron chi connectivity index (χ4n) is 2.35. The van der Waals surface area contributed by atoms with Gasteiger partial charge in [0.15, 0.2) is 0 Å². The van der Waals surface area contributed by atoms with Crippen LogP contribution in [-0.2, 0) is 15.0 Å². The van der Waals surface area contributed by atoms with Crippen molar-refractivity contribution in [1.29, 1.82) is 0 Å². The highest BCUT2D eigenvalue weighted by atomic mass is 32.2. The summed E-state index contributed by atoms with van der Waals surface area (Å²) in [7, 11) is -3.50. The molecule has 102 valence electrons. The summed E-state index contributed by atoms with van der Waals surface area (Å²) >= 11 is 0. The molecule has 7 heteroatoms. The van der Waals surface area contributed by atoms with Gasteiger partial charge in [0.2, 0.25) is 0 Å². The van der Waals surface area contributed by atoms with Crippen molar-refractivity contribution in [3.05, 3.63) is 12.2 Å². The van der Waals surface area contributed by atoms with Gasteiger partial charge in [-0.2, -0.15) is 17.0 Å². The van der Waals surface area contributed by atoms with E-state index in [-0.39, 0.29) is 6.54 Å². The first-order valence-corrected chi connectivity index (χ1v) is 7.54. The van der Waals surface area contributed by atoms with Crippen LogP contribution in [0.3, 0.4) is 0 Å². The van der Waals surface area contributed by atoms with Gasteiger partial charge >= 0.3 is 5.97 Å². The fraction of sp³-hybridized carbons (Fsp3) is 0.727. The molecule has 1 N–H and O–H groups in total. The van der Waals surface area contributed by atoms with Gasteiger partial charge in [0.05, 0.1) is 5.92 Å². The second-order valence-electron chi connectivity index (χ2n) is 4.66. The molecule has 0 aromatic rings. The van der Waals surface area contributed by atoms with Gasteiger partial charge in [-0.25, -0.2) is 0 Å². The molecule has 0 radical (unpaired) electrons. The first kappa shape index (κ1) is 13.5. The third-order valence-electron chi connectivity index (χ3n) is 3.41. The van der Waals surface area contributed by atoms with Gasteiger partial charge in [0, 0.05) is 26.2 Å². The van der Waals surface area contributed by atoms with Crippen molar-refractivity contribution in [3.8, 4) is 0 Å². The standard InChI is InChI=1S/C11H18N2O4S/c14-11(15)10-5-4-8-13(9-10)18(16,17)12-6-2-1-3-7-12/h1-2,10H,3-9H2,(H,14,15). The second-order valence-corrected chi connectivity index (χ2v) is 6.59. The van der Waals surface area contributed by atoms with E-state index in [9.17, 15) is 13.2 Å². The first-order valence-electron chi connectivity index (χ1n) is 6.15. The summed E-state index contributed by atoms with van der Waals surface area (Å²) in [6.07, 6.45) is 5.68. The molecule has 2 aliphatic rings. The van der Waals surface area contributed by atoms with E-state index in [1.807, 2.05) is 12.2 Å². The number of hydrogen-bond acceptors (Lipinski definition) is 3. The first-order chi connectivity index (χ1) is 8.51. The van der Waals surface area contributed by atoms with Crippen molar-refractivity contribution in [2.24, 2.45) is 5.92 Å². The van der Waals surface area contributed by atoms with Crippen molar-refractivity contribution < 1.29 is 18.3 Å². The molecule has 2 aliphatic heterocycles. The van der Waals surface area contributed by atoms with Crippen molar-refractivity contribution in [2.75, 3.05) is 26.2 Å². The summed E-state index contributed by atoms with van der Waals surface area (Å²) in [5.41, 5.74) is 0. The van der Waals surface area contributed by atoms with Crippen LogP contribution < -0.4 is 0 Å². The topological polar surface area (TPSA) is 77.9 Å². The molecule has 0 aliphatic carbocycles. The largest absolute Gasteiger partial charge is 0.481 e. The molecule has 0 spiro atoms. The summed E-state index contributed by atoms with van der Waals surface area (Å²) in [6.45, 7) is 1.38. The van der Waals surface area contributed by atoms with Gasteiger partial charge < -0.3 is 5.11 Å².